The third-order valence-corrected chi connectivity index (χ3v) is 5.22. The molecular formula is C22H38FN5. The van der Waals surface area contributed by atoms with Gasteiger partial charge in [0.05, 0.1) is 6.54 Å². The molecule has 0 aromatic heterocycles. The van der Waals surface area contributed by atoms with Gasteiger partial charge in [0, 0.05) is 37.8 Å². The molecule has 1 unspecified atom stereocenters. The van der Waals surface area contributed by atoms with Crippen molar-refractivity contribution >= 4 is 5.96 Å². The lowest BCUT2D eigenvalue weighted by Crippen LogP contribution is -2.41. The van der Waals surface area contributed by atoms with Crippen molar-refractivity contribution in [1.82, 2.24) is 20.4 Å². The average Bonchev–Trinajstić information content (AvgIpc) is 2.66. The van der Waals surface area contributed by atoms with E-state index in [-0.39, 0.29) is 5.82 Å². The van der Waals surface area contributed by atoms with Gasteiger partial charge in [-0.1, -0.05) is 12.5 Å². The fourth-order valence-electron chi connectivity index (χ4n) is 3.68. The summed E-state index contributed by atoms with van der Waals surface area (Å²) in [6.07, 6.45) is 5.13. The first-order valence-electron chi connectivity index (χ1n) is 10.7. The summed E-state index contributed by atoms with van der Waals surface area (Å²) < 4.78 is 13.9. The van der Waals surface area contributed by atoms with Crippen LogP contribution in [0.5, 0.6) is 0 Å². The number of halogens is 1. The molecule has 0 aliphatic carbocycles. The molecule has 158 valence electrons. The lowest BCUT2D eigenvalue weighted by molar-refractivity contribution is 0.159. The molecule has 0 amide bonds. The highest BCUT2D eigenvalue weighted by molar-refractivity contribution is 5.79. The smallest absolute Gasteiger partial charge is 0.191 e. The van der Waals surface area contributed by atoms with Crippen molar-refractivity contribution in [2.75, 3.05) is 40.3 Å². The van der Waals surface area contributed by atoms with Crippen molar-refractivity contribution in [2.45, 2.75) is 58.7 Å². The molecule has 1 aromatic rings. The lowest BCUT2D eigenvalue weighted by Gasteiger charge is -2.33. The summed E-state index contributed by atoms with van der Waals surface area (Å²) >= 11 is 0. The van der Waals surface area contributed by atoms with Crippen LogP contribution in [-0.2, 0) is 13.1 Å². The summed E-state index contributed by atoms with van der Waals surface area (Å²) in [5.41, 5.74) is 1.74. The largest absolute Gasteiger partial charge is 0.357 e. The van der Waals surface area contributed by atoms with Crippen molar-refractivity contribution in [2.24, 2.45) is 4.99 Å². The highest BCUT2D eigenvalue weighted by atomic mass is 19.1. The summed E-state index contributed by atoms with van der Waals surface area (Å²) in [6, 6.07) is 5.99. The second-order valence-corrected chi connectivity index (χ2v) is 8.02. The van der Waals surface area contributed by atoms with Gasteiger partial charge in [-0.15, -0.1) is 0 Å². The van der Waals surface area contributed by atoms with Crippen LogP contribution in [0.3, 0.4) is 0 Å². The van der Waals surface area contributed by atoms with Crippen molar-refractivity contribution in [1.29, 1.82) is 0 Å². The Morgan fingerprint density at radius 3 is 2.82 bits per heavy atom. The van der Waals surface area contributed by atoms with Gasteiger partial charge in [0.25, 0.3) is 0 Å². The number of aliphatic imine (C=N–C) groups is 1. The number of rotatable bonds is 9. The fourth-order valence-corrected chi connectivity index (χ4v) is 3.68. The summed E-state index contributed by atoms with van der Waals surface area (Å²) in [5, 5.41) is 6.73. The summed E-state index contributed by atoms with van der Waals surface area (Å²) in [6.45, 7) is 9.64. The van der Waals surface area contributed by atoms with Gasteiger partial charge in [-0.3, -0.25) is 0 Å². The van der Waals surface area contributed by atoms with Crippen LogP contribution in [0.2, 0.25) is 0 Å². The van der Waals surface area contributed by atoms with Crippen LogP contribution >= 0.6 is 0 Å². The molecule has 0 spiro atoms. The monoisotopic (exact) mass is 391 g/mol. The van der Waals surface area contributed by atoms with E-state index in [4.69, 9.17) is 0 Å². The Morgan fingerprint density at radius 1 is 1.29 bits per heavy atom. The molecule has 2 rings (SSSR count). The van der Waals surface area contributed by atoms with Crippen LogP contribution in [0.25, 0.3) is 0 Å². The van der Waals surface area contributed by atoms with Crippen LogP contribution < -0.4 is 10.6 Å². The van der Waals surface area contributed by atoms with Gasteiger partial charge >= 0.3 is 0 Å². The predicted octanol–water partition coefficient (Wildman–Crippen LogP) is 3.21. The minimum Gasteiger partial charge on any atom is -0.357 e. The zero-order valence-corrected chi connectivity index (χ0v) is 18.1. The third kappa shape index (κ3) is 7.76. The number of nitrogens with one attached hydrogen (secondary N) is 2. The van der Waals surface area contributed by atoms with Crippen LogP contribution in [0.15, 0.2) is 23.2 Å². The van der Waals surface area contributed by atoms with Gasteiger partial charge in [-0.05, 0) is 71.4 Å². The van der Waals surface area contributed by atoms with Gasteiger partial charge in [0.15, 0.2) is 5.96 Å². The Balaban J connectivity index is 1.84. The van der Waals surface area contributed by atoms with Crippen molar-refractivity contribution in [3.8, 4) is 0 Å². The lowest BCUT2D eigenvalue weighted by atomic mass is 10.0. The second-order valence-electron chi connectivity index (χ2n) is 8.02. The number of hydrogen-bond acceptors (Lipinski definition) is 3. The molecule has 5 nitrogen and oxygen atoms in total. The van der Waals surface area contributed by atoms with Crippen LogP contribution in [-0.4, -0.2) is 62.1 Å². The molecule has 0 radical (unpaired) electrons. The van der Waals surface area contributed by atoms with Gasteiger partial charge in [0.1, 0.15) is 5.82 Å². The van der Waals surface area contributed by atoms with E-state index < -0.39 is 0 Å². The first-order chi connectivity index (χ1) is 13.5. The summed E-state index contributed by atoms with van der Waals surface area (Å²) in [4.78, 5) is 9.25. The molecule has 1 aromatic carbocycles. The Hall–Kier alpha value is -1.66. The number of likely N-dealkylation sites (tertiary alicyclic amines) is 1. The highest BCUT2D eigenvalue weighted by Gasteiger charge is 2.17. The minimum atomic E-state index is -0.154. The number of piperidine rings is 1. The van der Waals surface area contributed by atoms with E-state index in [0.717, 1.165) is 37.6 Å². The Bertz CT molecular complexity index is 617. The molecule has 6 heteroatoms. The topological polar surface area (TPSA) is 42.9 Å². The van der Waals surface area contributed by atoms with Gasteiger partial charge in [-0.2, -0.15) is 0 Å². The molecule has 2 N–H and O–H groups in total. The number of nitrogens with zero attached hydrogens (tertiary/aromatic N) is 3. The molecule has 28 heavy (non-hydrogen) atoms. The molecule has 1 aliphatic rings. The standard InChI is InChI=1S/C22H38FN5/c1-5-24-22(25-12-8-14-28-13-7-6-9-18(28)2)26-16-19-10-11-21(23)20(15-19)17-27(3)4/h10-11,15,18H,5-9,12-14,16-17H2,1-4H3,(H2,24,25,26). The van der Waals surface area contributed by atoms with Crippen LogP contribution in [0.1, 0.15) is 50.7 Å². The molecule has 1 saturated heterocycles. The van der Waals surface area contributed by atoms with E-state index in [0.29, 0.717) is 24.7 Å². The SMILES string of the molecule is CCNC(=NCc1ccc(F)c(CN(C)C)c1)NCCCN1CCCCC1C. The summed E-state index contributed by atoms with van der Waals surface area (Å²) in [7, 11) is 3.89. The van der Waals surface area contributed by atoms with Crippen LogP contribution in [0.4, 0.5) is 4.39 Å². The van der Waals surface area contributed by atoms with E-state index >= 15 is 0 Å². The van der Waals surface area contributed by atoms with E-state index in [1.807, 2.05) is 31.1 Å². The number of benzene rings is 1. The zero-order chi connectivity index (χ0) is 20.4. The van der Waals surface area contributed by atoms with Crippen molar-refractivity contribution in [3.05, 3.63) is 35.1 Å². The molecule has 1 heterocycles. The minimum absolute atomic E-state index is 0.154. The van der Waals surface area contributed by atoms with Crippen LogP contribution in [0, 0.1) is 5.82 Å². The molecule has 0 bridgehead atoms. The average molecular weight is 392 g/mol. The molecule has 1 atom stereocenters. The van der Waals surface area contributed by atoms with Crippen molar-refractivity contribution in [3.63, 3.8) is 0 Å². The predicted molar refractivity (Wildman–Crippen MR) is 116 cm³/mol. The third-order valence-electron chi connectivity index (χ3n) is 5.22. The fraction of sp³-hybridized carbons (Fsp3) is 0.682. The van der Waals surface area contributed by atoms with E-state index in [9.17, 15) is 4.39 Å². The quantitative estimate of drug-likeness (QED) is 0.385. The Labute approximate surface area is 170 Å². The molecule has 1 aliphatic heterocycles. The summed E-state index contributed by atoms with van der Waals surface area (Å²) in [5.74, 6) is 0.672. The van der Waals surface area contributed by atoms with Gasteiger partial charge < -0.3 is 20.4 Å². The molecule has 1 fully saturated rings. The maximum absolute atomic E-state index is 13.9. The van der Waals surface area contributed by atoms with E-state index in [2.05, 4.69) is 34.4 Å². The maximum atomic E-state index is 13.9. The first kappa shape index (κ1) is 22.6. The Kier molecular flexibility index (Phi) is 9.71. The van der Waals surface area contributed by atoms with Gasteiger partial charge in [0.2, 0.25) is 0 Å². The van der Waals surface area contributed by atoms with Crippen molar-refractivity contribution < 1.29 is 4.39 Å². The zero-order valence-electron chi connectivity index (χ0n) is 18.1. The first-order valence-corrected chi connectivity index (χ1v) is 10.7. The van der Waals surface area contributed by atoms with Gasteiger partial charge in [-0.25, -0.2) is 9.38 Å². The normalized spacial score (nSPS) is 18.5. The Morgan fingerprint density at radius 2 is 2.11 bits per heavy atom. The number of guanidine groups is 1. The number of hydrogen-bond donors (Lipinski definition) is 2. The highest BCUT2D eigenvalue weighted by Crippen LogP contribution is 2.16. The molecular weight excluding hydrogens is 353 g/mol. The maximum Gasteiger partial charge on any atom is 0.191 e. The van der Waals surface area contributed by atoms with E-state index in [1.165, 1.54) is 25.8 Å². The molecule has 0 saturated carbocycles. The second kappa shape index (κ2) is 12.0. The van der Waals surface area contributed by atoms with E-state index in [1.54, 1.807) is 6.07 Å².